The first-order valence-electron chi connectivity index (χ1n) is 11.5. The summed E-state index contributed by atoms with van der Waals surface area (Å²) in [5.41, 5.74) is 0.949. The van der Waals surface area contributed by atoms with Crippen LogP contribution in [0.15, 0.2) is 24.3 Å². The van der Waals surface area contributed by atoms with Crippen LogP contribution in [0.5, 0.6) is 0 Å². The molecule has 184 valence electrons. The minimum atomic E-state index is -1.11. The number of allylic oxidation sites excluding steroid dienone is 2. The Morgan fingerprint density at radius 3 is 2.03 bits per heavy atom. The van der Waals surface area contributed by atoms with Gasteiger partial charge in [-0.2, -0.15) is 0 Å². The van der Waals surface area contributed by atoms with E-state index >= 15 is 0 Å². The zero-order valence-electron chi connectivity index (χ0n) is 20.4. The Hall–Kier alpha value is -2.19. The first kappa shape index (κ1) is 25.4. The third-order valence-electron chi connectivity index (χ3n) is 6.69. The van der Waals surface area contributed by atoms with Crippen LogP contribution in [0.25, 0.3) is 0 Å². The van der Waals surface area contributed by atoms with Gasteiger partial charge >= 0.3 is 17.9 Å². The lowest BCUT2D eigenvalue weighted by Gasteiger charge is -2.42. The maximum Gasteiger partial charge on any atom is 0.305 e. The summed E-state index contributed by atoms with van der Waals surface area (Å²) in [4.78, 5) is 35.3. The molecule has 0 unspecified atom stereocenters. The molecule has 0 spiro atoms. The van der Waals surface area contributed by atoms with Crippen molar-refractivity contribution < 1.29 is 38.1 Å². The van der Waals surface area contributed by atoms with E-state index in [0.29, 0.717) is 0 Å². The van der Waals surface area contributed by atoms with Crippen LogP contribution in [0, 0.1) is 22.7 Å². The highest BCUT2D eigenvalue weighted by atomic mass is 16.8. The number of hydrogen-bond donors (Lipinski definition) is 0. The van der Waals surface area contributed by atoms with Crippen LogP contribution >= 0.6 is 0 Å². The molecule has 0 radical (unpaired) electrons. The lowest BCUT2D eigenvalue weighted by atomic mass is 9.63. The minimum Gasteiger partial charge on any atom is -0.455 e. The summed E-state index contributed by atoms with van der Waals surface area (Å²) < 4.78 is 28.0. The molecule has 3 fully saturated rings. The summed E-state index contributed by atoms with van der Waals surface area (Å²) in [5, 5.41) is 0. The van der Waals surface area contributed by atoms with Crippen LogP contribution in [0.2, 0.25) is 0 Å². The molecule has 0 N–H and O–H groups in total. The fourth-order valence-electron chi connectivity index (χ4n) is 5.82. The Morgan fingerprint density at radius 2 is 1.48 bits per heavy atom. The highest BCUT2D eigenvalue weighted by Crippen LogP contribution is 2.51. The van der Waals surface area contributed by atoms with Crippen molar-refractivity contribution in [2.24, 2.45) is 22.7 Å². The van der Waals surface area contributed by atoms with Crippen molar-refractivity contribution in [1.82, 2.24) is 0 Å². The molecule has 1 saturated carbocycles. The lowest BCUT2D eigenvalue weighted by molar-refractivity contribution is -0.249. The van der Waals surface area contributed by atoms with Crippen LogP contribution in [-0.2, 0) is 38.1 Å². The van der Waals surface area contributed by atoms with Crippen LogP contribution in [-0.4, -0.2) is 42.9 Å². The maximum atomic E-state index is 11.9. The van der Waals surface area contributed by atoms with Gasteiger partial charge in [-0.05, 0) is 35.7 Å². The predicted molar refractivity (Wildman–Crippen MR) is 118 cm³/mol. The summed E-state index contributed by atoms with van der Waals surface area (Å²) in [6.45, 7) is 14.6. The molecule has 0 bridgehead atoms. The summed E-state index contributed by atoms with van der Waals surface area (Å²) in [6, 6.07) is 0. The van der Waals surface area contributed by atoms with Gasteiger partial charge in [0.1, 0.15) is 0 Å². The Kier molecular flexibility index (Phi) is 7.39. The average Bonchev–Trinajstić information content (AvgIpc) is 3.13. The number of hydrogen-bond acceptors (Lipinski definition) is 8. The number of ether oxygens (including phenoxy) is 5. The zero-order valence-corrected chi connectivity index (χ0v) is 20.4. The normalized spacial score (nSPS) is 37.7. The molecule has 0 aromatic heterocycles. The van der Waals surface area contributed by atoms with Crippen LogP contribution in [0.3, 0.4) is 0 Å². The van der Waals surface area contributed by atoms with E-state index in [4.69, 9.17) is 23.7 Å². The van der Waals surface area contributed by atoms with Crippen molar-refractivity contribution in [3.05, 3.63) is 24.3 Å². The molecule has 8 nitrogen and oxygen atoms in total. The fourth-order valence-corrected chi connectivity index (χ4v) is 5.82. The molecule has 2 saturated heterocycles. The molecule has 3 rings (SSSR count). The second-order valence-electron chi connectivity index (χ2n) is 10.5. The van der Waals surface area contributed by atoms with Gasteiger partial charge in [0.2, 0.25) is 12.6 Å². The first-order valence-corrected chi connectivity index (χ1v) is 11.5. The molecular weight excluding hydrogens is 428 g/mol. The Bertz CT molecular complexity index is 830. The second-order valence-corrected chi connectivity index (χ2v) is 10.5. The van der Waals surface area contributed by atoms with Gasteiger partial charge in [0.25, 0.3) is 0 Å². The van der Waals surface area contributed by atoms with Crippen molar-refractivity contribution in [2.75, 3.05) is 0 Å². The fraction of sp³-hybridized carbons (Fsp3) is 0.720. The van der Waals surface area contributed by atoms with Crippen molar-refractivity contribution in [3.8, 4) is 0 Å². The van der Waals surface area contributed by atoms with Crippen molar-refractivity contribution >= 4 is 17.9 Å². The Labute approximate surface area is 195 Å². The molecule has 0 aromatic carbocycles. The lowest BCUT2D eigenvalue weighted by Crippen LogP contribution is -2.40. The third kappa shape index (κ3) is 5.84. The molecule has 0 amide bonds. The first-order chi connectivity index (χ1) is 15.3. The molecular formula is C25H36O8. The SMILES string of the molecule is C=C/C(=C\[C@@]1(C)CCCC(C)(C)C1)[C@@H]1[C@@H](OC(C)=O)O[C@@H]2O[C@@H](OC(C)=O)[C@@H](OC(C)=O)[C@@H]21. The topological polar surface area (TPSA) is 97.4 Å². The average molecular weight is 465 g/mol. The molecule has 3 aliphatic rings. The van der Waals surface area contributed by atoms with Crippen LogP contribution < -0.4 is 0 Å². The minimum absolute atomic E-state index is 0.0875. The predicted octanol–water partition coefficient (Wildman–Crippen LogP) is 4.03. The van der Waals surface area contributed by atoms with E-state index in [1.54, 1.807) is 6.08 Å². The number of esters is 3. The smallest absolute Gasteiger partial charge is 0.305 e. The van der Waals surface area contributed by atoms with Crippen molar-refractivity contribution in [1.29, 1.82) is 0 Å². The van der Waals surface area contributed by atoms with Gasteiger partial charge < -0.3 is 23.7 Å². The Morgan fingerprint density at radius 1 is 0.909 bits per heavy atom. The van der Waals surface area contributed by atoms with E-state index in [-0.39, 0.29) is 10.8 Å². The summed E-state index contributed by atoms with van der Waals surface area (Å²) in [5.74, 6) is -2.67. The summed E-state index contributed by atoms with van der Waals surface area (Å²) in [7, 11) is 0. The second kappa shape index (κ2) is 9.58. The van der Waals surface area contributed by atoms with Gasteiger partial charge in [0.05, 0.1) is 11.8 Å². The van der Waals surface area contributed by atoms with E-state index < -0.39 is 54.7 Å². The quantitative estimate of drug-likeness (QED) is 0.330. The van der Waals surface area contributed by atoms with Crippen molar-refractivity contribution in [3.63, 3.8) is 0 Å². The monoisotopic (exact) mass is 464 g/mol. The van der Waals surface area contributed by atoms with E-state index in [9.17, 15) is 14.4 Å². The number of rotatable bonds is 6. The van der Waals surface area contributed by atoms with E-state index in [1.165, 1.54) is 27.2 Å². The zero-order chi connectivity index (χ0) is 24.6. The van der Waals surface area contributed by atoms with E-state index in [1.807, 2.05) is 0 Å². The molecule has 2 aliphatic heterocycles. The van der Waals surface area contributed by atoms with Crippen molar-refractivity contribution in [2.45, 2.75) is 92.2 Å². The van der Waals surface area contributed by atoms with Crippen LogP contribution in [0.1, 0.15) is 67.2 Å². The van der Waals surface area contributed by atoms with Gasteiger partial charge in [-0.15, -0.1) is 0 Å². The van der Waals surface area contributed by atoms with Crippen LogP contribution in [0.4, 0.5) is 0 Å². The number of carbonyl (C=O) groups is 3. The highest BCUT2D eigenvalue weighted by molar-refractivity contribution is 5.67. The highest BCUT2D eigenvalue weighted by Gasteiger charge is 2.61. The van der Waals surface area contributed by atoms with E-state index in [2.05, 4.69) is 33.4 Å². The largest absolute Gasteiger partial charge is 0.455 e. The molecule has 2 heterocycles. The van der Waals surface area contributed by atoms with Gasteiger partial charge in [-0.1, -0.05) is 45.9 Å². The molecule has 1 aliphatic carbocycles. The van der Waals surface area contributed by atoms with E-state index in [0.717, 1.165) is 24.8 Å². The maximum absolute atomic E-state index is 11.9. The molecule has 7 atom stereocenters. The Balaban J connectivity index is 2.01. The van der Waals surface area contributed by atoms with Gasteiger partial charge in [-0.25, -0.2) is 0 Å². The van der Waals surface area contributed by atoms with Gasteiger partial charge in [0.15, 0.2) is 12.4 Å². The molecule has 33 heavy (non-hydrogen) atoms. The van der Waals surface area contributed by atoms with Gasteiger partial charge in [-0.3, -0.25) is 14.4 Å². The molecule has 0 aromatic rings. The summed E-state index contributed by atoms with van der Waals surface area (Å²) >= 11 is 0. The number of fused-ring (bicyclic) bond motifs is 1. The van der Waals surface area contributed by atoms with Gasteiger partial charge in [0, 0.05) is 20.8 Å². The third-order valence-corrected chi connectivity index (χ3v) is 6.69. The number of carbonyl (C=O) groups excluding carboxylic acids is 3. The summed E-state index contributed by atoms with van der Waals surface area (Å²) in [6.07, 6.45) is 4.37. The molecule has 8 heteroatoms. The standard InChI is InChI=1S/C25H36O8/c1-8-17(12-25(7)11-9-10-24(5,6)13-25)18-19-20(29-14(2)26)23(31-16(4)28)33-22(19)32-21(18)30-15(3)27/h8,12,18-23H,1,9-11,13H2,2-7H3/b17-12+/t18-,19-,20-,21-,22+,23+,25+/m0/s1.